The molecule has 0 unspecified atom stereocenters. The third kappa shape index (κ3) is 2.94. The SMILES string of the molecule is CNC(=O)c1cc(Nc2ccccc2OC)nc2ccccc12. The van der Waals surface area contributed by atoms with Crippen molar-refractivity contribution in [2.45, 2.75) is 0 Å². The number of carbonyl (C=O) groups excluding carboxylic acids is 1. The number of anilines is 2. The lowest BCUT2D eigenvalue weighted by molar-refractivity contribution is 0.0964. The van der Waals surface area contributed by atoms with Crippen LogP contribution in [0.25, 0.3) is 10.9 Å². The van der Waals surface area contributed by atoms with Crippen LogP contribution in [-0.2, 0) is 0 Å². The van der Waals surface area contributed by atoms with Crippen molar-refractivity contribution >= 4 is 28.3 Å². The highest BCUT2D eigenvalue weighted by atomic mass is 16.5. The Labute approximate surface area is 134 Å². The molecule has 116 valence electrons. The molecule has 1 heterocycles. The molecule has 3 rings (SSSR count). The number of nitrogens with one attached hydrogen (secondary N) is 2. The quantitative estimate of drug-likeness (QED) is 0.776. The Morgan fingerprint density at radius 3 is 2.61 bits per heavy atom. The lowest BCUT2D eigenvalue weighted by atomic mass is 10.1. The first kappa shape index (κ1) is 14.8. The van der Waals surface area contributed by atoms with Crippen molar-refractivity contribution < 1.29 is 9.53 Å². The molecule has 0 radical (unpaired) electrons. The number of pyridine rings is 1. The second-order valence-electron chi connectivity index (χ2n) is 4.98. The molecule has 0 aliphatic carbocycles. The molecule has 0 saturated carbocycles. The first-order valence-corrected chi connectivity index (χ1v) is 7.25. The Balaban J connectivity index is 2.09. The molecular weight excluding hydrogens is 290 g/mol. The number of amides is 1. The summed E-state index contributed by atoms with van der Waals surface area (Å²) < 4.78 is 5.33. The molecule has 2 aromatic carbocycles. The molecule has 0 aliphatic heterocycles. The lowest BCUT2D eigenvalue weighted by Crippen LogP contribution is -2.18. The van der Waals surface area contributed by atoms with Gasteiger partial charge < -0.3 is 15.4 Å². The van der Waals surface area contributed by atoms with Crippen molar-refractivity contribution in [1.29, 1.82) is 0 Å². The monoisotopic (exact) mass is 307 g/mol. The Morgan fingerprint density at radius 1 is 1.09 bits per heavy atom. The zero-order valence-electron chi connectivity index (χ0n) is 13.0. The van der Waals surface area contributed by atoms with Crippen LogP contribution < -0.4 is 15.4 Å². The van der Waals surface area contributed by atoms with Gasteiger partial charge in [0.15, 0.2) is 0 Å². The van der Waals surface area contributed by atoms with Gasteiger partial charge in [-0.05, 0) is 24.3 Å². The van der Waals surface area contributed by atoms with Crippen molar-refractivity contribution in [3.05, 3.63) is 60.2 Å². The summed E-state index contributed by atoms with van der Waals surface area (Å²) in [5, 5.41) is 6.70. The molecule has 0 atom stereocenters. The van der Waals surface area contributed by atoms with Crippen molar-refractivity contribution in [1.82, 2.24) is 10.3 Å². The van der Waals surface area contributed by atoms with E-state index in [-0.39, 0.29) is 5.91 Å². The third-order valence-electron chi connectivity index (χ3n) is 3.56. The van der Waals surface area contributed by atoms with E-state index in [2.05, 4.69) is 15.6 Å². The fraction of sp³-hybridized carbons (Fsp3) is 0.111. The van der Waals surface area contributed by atoms with Crippen LogP contribution in [0.5, 0.6) is 5.75 Å². The van der Waals surface area contributed by atoms with E-state index in [0.717, 1.165) is 16.6 Å². The molecule has 0 saturated heterocycles. The molecule has 5 nitrogen and oxygen atoms in total. The molecule has 23 heavy (non-hydrogen) atoms. The number of hydrogen-bond donors (Lipinski definition) is 2. The highest BCUT2D eigenvalue weighted by Crippen LogP contribution is 2.28. The fourth-order valence-corrected chi connectivity index (χ4v) is 2.45. The third-order valence-corrected chi connectivity index (χ3v) is 3.56. The van der Waals surface area contributed by atoms with E-state index in [1.165, 1.54) is 0 Å². The largest absolute Gasteiger partial charge is 0.495 e. The average Bonchev–Trinajstić information content (AvgIpc) is 2.60. The molecular formula is C18H17N3O2. The van der Waals surface area contributed by atoms with Gasteiger partial charge in [-0.3, -0.25) is 4.79 Å². The lowest BCUT2D eigenvalue weighted by Gasteiger charge is -2.12. The van der Waals surface area contributed by atoms with Crippen LogP contribution in [0.1, 0.15) is 10.4 Å². The number of methoxy groups -OCH3 is 1. The van der Waals surface area contributed by atoms with Crippen LogP contribution in [0.15, 0.2) is 54.6 Å². The molecule has 2 N–H and O–H groups in total. The summed E-state index contributed by atoms with van der Waals surface area (Å²) in [6, 6.07) is 16.9. The minimum atomic E-state index is -0.147. The van der Waals surface area contributed by atoms with Crippen LogP contribution in [0.3, 0.4) is 0 Å². The number of hydrogen-bond acceptors (Lipinski definition) is 4. The number of aromatic nitrogens is 1. The van der Waals surface area contributed by atoms with Gasteiger partial charge in [-0.15, -0.1) is 0 Å². The molecule has 0 spiro atoms. The predicted octanol–water partition coefficient (Wildman–Crippen LogP) is 3.35. The summed E-state index contributed by atoms with van der Waals surface area (Å²) in [5.41, 5.74) is 2.13. The van der Waals surface area contributed by atoms with Crippen LogP contribution in [-0.4, -0.2) is 25.0 Å². The number of para-hydroxylation sites is 3. The first-order chi connectivity index (χ1) is 11.2. The van der Waals surface area contributed by atoms with Gasteiger partial charge in [-0.1, -0.05) is 30.3 Å². The highest BCUT2D eigenvalue weighted by molar-refractivity contribution is 6.07. The Morgan fingerprint density at radius 2 is 1.83 bits per heavy atom. The van der Waals surface area contributed by atoms with Gasteiger partial charge >= 0.3 is 0 Å². The van der Waals surface area contributed by atoms with Crippen LogP contribution >= 0.6 is 0 Å². The number of nitrogens with zero attached hydrogens (tertiary/aromatic N) is 1. The summed E-state index contributed by atoms with van der Waals surface area (Å²) >= 11 is 0. The number of carbonyl (C=O) groups is 1. The van der Waals surface area contributed by atoms with Crippen molar-refractivity contribution in [2.24, 2.45) is 0 Å². The van der Waals surface area contributed by atoms with Crippen molar-refractivity contribution in [3.8, 4) is 5.75 Å². The molecule has 0 fully saturated rings. The molecule has 1 aromatic heterocycles. The zero-order chi connectivity index (χ0) is 16.2. The fourth-order valence-electron chi connectivity index (χ4n) is 2.45. The van der Waals surface area contributed by atoms with Gasteiger partial charge in [0.25, 0.3) is 5.91 Å². The predicted molar refractivity (Wildman–Crippen MR) is 91.4 cm³/mol. The summed E-state index contributed by atoms with van der Waals surface area (Å²) in [6.07, 6.45) is 0. The van der Waals surface area contributed by atoms with Gasteiger partial charge in [0.1, 0.15) is 11.6 Å². The van der Waals surface area contributed by atoms with Crippen LogP contribution in [0.2, 0.25) is 0 Å². The smallest absolute Gasteiger partial charge is 0.251 e. The second kappa shape index (κ2) is 6.36. The van der Waals surface area contributed by atoms with Gasteiger partial charge in [0, 0.05) is 12.4 Å². The first-order valence-electron chi connectivity index (χ1n) is 7.25. The molecule has 5 heteroatoms. The van der Waals surface area contributed by atoms with E-state index < -0.39 is 0 Å². The van der Waals surface area contributed by atoms with E-state index in [4.69, 9.17) is 4.74 Å². The standard InChI is InChI=1S/C18H17N3O2/c1-19-18(22)13-11-17(20-14-8-4-3-7-12(13)14)21-15-9-5-6-10-16(15)23-2/h3-11H,1-2H3,(H,19,22)(H,20,21). The zero-order valence-corrected chi connectivity index (χ0v) is 13.0. The minimum absolute atomic E-state index is 0.147. The van der Waals surface area contributed by atoms with Crippen molar-refractivity contribution in [3.63, 3.8) is 0 Å². The van der Waals surface area contributed by atoms with E-state index >= 15 is 0 Å². The summed E-state index contributed by atoms with van der Waals surface area (Å²) in [4.78, 5) is 16.7. The van der Waals surface area contributed by atoms with Gasteiger partial charge in [-0.2, -0.15) is 0 Å². The minimum Gasteiger partial charge on any atom is -0.495 e. The maximum atomic E-state index is 12.2. The normalized spacial score (nSPS) is 10.3. The highest BCUT2D eigenvalue weighted by Gasteiger charge is 2.12. The van der Waals surface area contributed by atoms with Gasteiger partial charge in [-0.25, -0.2) is 4.98 Å². The second-order valence-corrected chi connectivity index (χ2v) is 4.98. The number of fused-ring (bicyclic) bond motifs is 1. The maximum Gasteiger partial charge on any atom is 0.251 e. The van der Waals surface area contributed by atoms with Crippen LogP contribution in [0, 0.1) is 0 Å². The molecule has 3 aromatic rings. The van der Waals surface area contributed by atoms with Gasteiger partial charge in [0.2, 0.25) is 0 Å². The Kier molecular flexibility index (Phi) is 4.10. The Bertz CT molecular complexity index is 862. The number of ether oxygens (including phenoxy) is 1. The topological polar surface area (TPSA) is 63.2 Å². The van der Waals surface area contributed by atoms with Gasteiger partial charge in [0.05, 0.1) is 23.9 Å². The summed E-state index contributed by atoms with van der Waals surface area (Å²) in [5.74, 6) is 1.16. The van der Waals surface area contributed by atoms with E-state index in [9.17, 15) is 4.79 Å². The molecule has 0 bridgehead atoms. The van der Waals surface area contributed by atoms with Crippen molar-refractivity contribution in [2.75, 3.05) is 19.5 Å². The van der Waals surface area contributed by atoms with E-state index in [1.807, 2.05) is 48.5 Å². The van der Waals surface area contributed by atoms with Crippen LogP contribution in [0.4, 0.5) is 11.5 Å². The average molecular weight is 307 g/mol. The maximum absolute atomic E-state index is 12.2. The molecule has 1 amide bonds. The van der Waals surface area contributed by atoms with E-state index in [0.29, 0.717) is 17.1 Å². The summed E-state index contributed by atoms with van der Waals surface area (Å²) in [6.45, 7) is 0. The molecule has 0 aliphatic rings. The van der Waals surface area contributed by atoms with E-state index in [1.54, 1.807) is 20.2 Å². The summed E-state index contributed by atoms with van der Waals surface area (Å²) in [7, 11) is 3.23. The number of rotatable bonds is 4. The Hall–Kier alpha value is -3.08. The number of benzene rings is 2.